The Morgan fingerprint density at radius 1 is 1.44 bits per heavy atom. The van der Waals surface area contributed by atoms with Gasteiger partial charge in [0.2, 0.25) is 0 Å². The van der Waals surface area contributed by atoms with Crippen LogP contribution in [0.5, 0.6) is 0 Å². The number of halogens is 3. The lowest BCUT2D eigenvalue weighted by Gasteiger charge is -2.33. The summed E-state index contributed by atoms with van der Waals surface area (Å²) >= 11 is 0. The minimum Gasteiger partial charge on any atom is -0.481 e. The molecule has 100 valence electrons. The molecule has 0 amide bonds. The van der Waals surface area contributed by atoms with Crippen molar-refractivity contribution in [2.45, 2.75) is 24.4 Å². The van der Waals surface area contributed by atoms with Crippen LogP contribution in [0, 0.1) is 0 Å². The van der Waals surface area contributed by atoms with Crippen LogP contribution < -0.4 is 0 Å². The van der Waals surface area contributed by atoms with Crippen molar-refractivity contribution in [2.75, 3.05) is 13.2 Å². The zero-order valence-electron chi connectivity index (χ0n) is 9.25. The zero-order valence-corrected chi connectivity index (χ0v) is 9.25. The van der Waals surface area contributed by atoms with Crippen molar-refractivity contribution in [3.8, 4) is 0 Å². The monoisotopic (exact) mass is 264 g/mol. The van der Waals surface area contributed by atoms with E-state index >= 15 is 0 Å². The largest absolute Gasteiger partial charge is 0.481 e. The van der Waals surface area contributed by atoms with Crippen LogP contribution in [0.3, 0.4) is 0 Å². The van der Waals surface area contributed by atoms with Gasteiger partial charge in [-0.15, -0.1) is 0 Å². The van der Waals surface area contributed by atoms with Gasteiger partial charge in [-0.2, -0.15) is 18.3 Å². The number of alkyl halides is 3. The summed E-state index contributed by atoms with van der Waals surface area (Å²) in [6.07, 6.45) is -3.69. The summed E-state index contributed by atoms with van der Waals surface area (Å²) in [6, 6.07) is 0. The Bertz CT molecular complexity index is 449. The van der Waals surface area contributed by atoms with Gasteiger partial charge >= 0.3 is 12.1 Å². The molecule has 1 saturated heterocycles. The molecule has 2 heterocycles. The Morgan fingerprint density at radius 2 is 2.06 bits per heavy atom. The van der Waals surface area contributed by atoms with Gasteiger partial charge in [0.15, 0.2) is 0 Å². The quantitative estimate of drug-likeness (QED) is 0.850. The highest BCUT2D eigenvalue weighted by atomic mass is 19.4. The van der Waals surface area contributed by atoms with E-state index < -0.39 is 23.3 Å². The number of carbonyl (C=O) groups is 1. The van der Waals surface area contributed by atoms with Crippen LogP contribution in [-0.4, -0.2) is 34.5 Å². The average Bonchev–Trinajstić information content (AvgIpc) is 2.78. The number of hydrogen-bond donors (Lipinski definition) is 2. The summed E-state index contributed by atoms with van der Waals surface area (Å²) in [5.41, 5.74) is -2.98. The molecular weight excluding hydrogens is 253 g/mol. The Hall–Kier alpha value is -1.57. The molecule has 1 fully saturated rings. The second kappa shape index (κ2) is 4.27. The number of nitrogens with zero attached hydrogens (tertiary/aromatic N) is 1. The molecule has 18 heavy (non-hydrogen) atoms. The molecule has 0 bridgehead atoms. The molecule has 0 aliphatic carbocycles. The molecule has 0 atom stereocenters. The highest BCUT2D eigenvalue weighted by Crippen LogP contribution is 2.41. The second-order valence-electron chi connectivity index (χ2n) is 4.16. The molecule has 0 saturated carbocycles. The highest BCUT2D eigenvalue weighted by molar-refractivity contribution is 5.82. The first kappa shape index (κ1) is 12.9. The number of aliphatic carboxylic acids is 1. The lowest BCUT2D eigenvalue weighted by molar-refractivity contribution is -0.150. The van der Waals surface area contributed by atoms with Crippen LogP contribution in [0.1, 0.15) is 24.1 Å². The fraction of sp³-hybridized carbons (Fsp3) is 0.600. The Labute approximate surface area is 99.9 Å². The molecular formula is C10H11F3N2O3. The molecule has 5 nitrogen and oxygen atoms in total. The van der Waals surface area contributed by atoms with Crippen LogP contribution in [0.4, 0.5) is 13.2 Å². The van der Waals surface area contributed by atoms with Crippen molar-refractivity contribution in [1.29, 1.82) is 0 Å². The number of aromatic amines is 1. The van der Waals surface area contributed by atoms with E-state index in [2.05, 4.69) is 5.10 Å². The van der Waals surface area contributed by atoms with Crippen molar-refractivity contribution in [1.82, 2.24) is 10.2 Å². The first-order chi connectivity index (χ1) is 8.38. The van der Waals surface area contributed by atoms with E-state index in [-0.39, 0.29) is 31.6 Å². The molecule has 0 aromatic carbocycles. The maximum Gasteiger partial charge on any atom is 0.433 e. The third-order valence-electron chi connectivity index (χ3n) is 3.19. The number of rotatable bonds is 2. The zero-order chi connectivity index (χ0) is 13.4. The number of nitrogens with one attached hydrogen (secondary N) is 1. The minimum atomic E-state index is -4.65. The summed E-state index contributed by atoms with van der Waals surface area (Å²) in [5.74, 6) is -1.28. The smallest absolute Gasteiger partial charge is 0.433 e. The van der Waals surface area contributed by atoms with E-state index in [1.54, 1.807) is 0 Å². The lowest BCUT2D eigenvalue weighted by Crippen LogP contribution is -2.42. The number of carboxylic acid groups (broad SMARTS) is 1. The minimum absolute atomic E-state index is 0.00491. The van der Waals surface area contributed by atoms with E-state index in [0.29, 0.717) is 0 Å². The topological polar surface area (TPSA) is 75.2 Å². The molecule has 2 rings (SSSR count). The van der Waals surface area contributed by atoms with E-state index in [4.69, 9.17) is 4.74 Å². The molecule has 1 aliphatic heterocycles. The molecule has 0 radical (unpaired) electrons. The molecule has 1 aromatic heterocycles. The van der Waals surface area contributed by atoms with Gasteiger partial charge in [-0.3, -0.25) is 9.89 Å². The van der Waals surface area contributed by atoms with Crippen LogP contribution in [0.15, 0.2) is 6.20 Å². The summed E-state index contributed by atoms with van der Waals surface area (Å²) in [7, 11) is 0. The number of H-pyrrole nitrogens is 1. The van der Waals surface area contributed by atoms with Gasteiger partial charge < -0.3 is 9.84 Å². The van der Waals surface area contributed by atoms with E-state index in [1.165, 1.54) is 0 Å². The fourth-order valence-electron chi connectivity index (χ4n) is 2.18. The summed E-state index contributed by atoms with van der Waals surface area (Å²) in [4.78, 5) is 11.4. The predicted molar refractivity (Wildman–Crippen MR) is 53.0 cm³/mol. The first-order valence-electron chi connectivity index (χ1n) is 5.30. The molecule has 0 spiro atoms. The highest BCUT2D eigenvalue weighted by Gasteiger charge is 2.49. The van der Waals surface area contributed by atoms with Gasteiger partial charge in [-0.1, -0.05) is 0 Å². The second-order valence-corrected chi connectivity index (χ2v) is 4.16. The van der Waals surface area contributed by atoms with Crippen molar-refractivity contribution >= 4 is 5.97 Å². The van der Waals surface area contributed by atoms with Crippen LogP contribution in [0.2, 0.25) is 0 Å². The molecule has 1 aromatic rings. The molecule has 1 aliphatic rings. The van der Waals surface area contributed by atoms with Gasteiger partial charge in [-0.05, 0) is 12.8 Å². The predicted octanol–water partition coefficient (Wildman–Crippen LogP) is 1.56. The fourth-order valence-corrected chi connectivity index (χ4v) is 2.18. The van der Waals surface area contributed by atoms with Gasteiger partial charge in [0.1, 0.15) is 11.1 Å². The van der Waals surface area contributed by atoms with E-state index in [9.17, 15) is 23.1 Å². The Morgan fingerprint density at radius 3 is 2.56 bits per heavy atom. The Balaban J connectivity index is 2.50. The maximum absolute atomic E-state index is 12.8. The van der Waals surface area contributed by atoms with Crippen molar-refractivity contribution in [3.63, 3.8) is 0 Å². The molecule has 0 unspecified atom stereocenters. The van der Waals surface area contributed by atoms with Crippen LogP contribution >= 0.6 is 0 Å². The maximum atomic E-state index is 12.8. The number of hydrogen-bond acceptors (Lipinski definition) is 3. The standard InChI is InChI=1S/C10H11F3N2O3/c11-10(12,13)7-6(5-14-15-7)9(8(16)17)1-3-18-4-2-9/h5H,1-4H2,(H,14,15)(H,16,17). The van der Waals surface area contributed by atoms with Crippen LogP contribution in [0.25, 0.3) is 0 Å². The van der Waals surface area contributed by atoms with Crippen molar-refractivity contribution in [3.05, 3.63) is 17.5 Å². The van der Waals surface area contributed by atoms with Gasteiger partial charge in [0.05, 0.1) is 6.20 Å². The van der Waals surface area contributed by atoms with E-state index in [0.717, 1.165) is 6.20 Å². The average molecular weight is 264 g/mol. The lowest BCUT2D eigenvalue weighted by atomic mass is 9.74. The third-order valence-corrected chi connectivity index (χ3v) is 3.19. The van der Waals surface area contributed by atoms with E-state index in [1.807, 2.05) is 5.10 Å². The van der Waals surface area contributed by atoms with Crippen molar-refractivity contribution < 1.29 is 27.8 Å². The van der Waals surface area contributed by atoms with Gasteiger partial charge in [0.25, 0.3) is 0 Å². The Kier molecular flexibility index (Phi) is 3.05. The van der Waals surface area contributed by atoms with Gasteiger partial charge in [-0.25, -0.2) is 0 Å². The van der Waals surface area contributed by atoms with Gasteiger partial charge in [0, 0.05) is 18.8 Å². The number of carboxylic acids is 1. The first-order valence-corrected chi connectivity index (χ1v) is 5.30. The normalized spacial score (nSPS) is 19.7. The SMILES string of the molecule is O=C(O)C1(c2cn[nH]c2C(F)(F)F)CCOCC1. The summed E-state index contributed by atoms with van der Waals surface area (Å²) in [5, 5.41) is 14.5. The number of ether oxygens (including phenoxy) is 1. The molecule has 2 N–H and O–H groups in total. The van der Waals surface area contributed by atoms with Crippen molar-refractivity contribution in [2.24, 2.45) is 0 Å². The number of aromatic nitrogens is 2. The summed E-state index contributed by atoms with van der Waals surface area (Å²) < 4.78 is 43.3. The molecule has 8 heteroatoms. The van der Waals surface area contributed by atoms with Crippen LogP contribution in [-0.2, 0) is 21.1 Å². The summed E-state index contributed by atoms with van der Waals surface area (Å²) in [6.45, 7) is 0.240. The third kappa shape index (κ3) is 1.96.